The van der Waals surface area contributed by atoms with Gasteiger partial charge in [0.1, 0.15) is 6.07 Å². The van der Waals surface area contributed by atoms with Gasteiger partial charge in [0, 0.05) is 38.8 Å². The van der Waals surface area contributed by atoms with Crippen LogP contribution in [0.1, 0.15) is 18.1 Å². The molecule has 3 rings (SSSR count). The maximum Gasteiger partial charge on any atom is 0.331 e. The molecule has 1 unspecified atom stereocenters. The first-order valence-corrected chi connectivity index (χ1v) is 11.1. The number of carbonyl (C=O) groups excluding carboxylic acids is 2. The zero-order chi connectivity index (χ0) is 24.3. The summed E-state index contributed by atoms with van der Waals surface area (Å²) < 4.78 is 15.9. The maximum absolute atomic E-state index is 12.7. The van der Waals surface area contributed by atoms with E-state index in [-0.39, 0.29) is 12.5 Å². The van der Waals surface area contributed by atoms with E-state index in [1.807, 2.05) is 24.3 Å². The number of methoxy groups -OCH3 is 1. The first kappa shape index (κ1) is 24.8. The maximum atomic E-state index is 12.7. The molecule has 1 atom stereocenters. The van der Waals surface area contributed by atoms with Crippen molar-refractivity contribution in [2.75, 3.05) is 39.9 Å². The number of benzene rings is 2. The quantitative estimate of drug-likeness (QED) is 0.417. The van der Waals surface area contributed by atoms with Gasteiger partial charge >= 0.3 is 5.97 Å². The third kappa shape index (κ3) is 7.09. The van der Waals surface area contributed by atoms with Crippen LogP contribution in [0.5, 0.6) is 11.5 Å². The summed E-state index contributed by atoms with van der Waals surface area (Å²) in [6.07, 6.45) is 1.97. The highest BCUT2D eigenvalue weighted by Crippen LogP contribution is 2.28. The van der Waals surface area contributed by atoms with E-state index >= 15 is 0 Å². The average Bonchev–Trinajstić information content (AvgIpc) is 2.87. The third-order valence-electron chi connectivity index (χ3n) is 5.47. The number of rotatable bonds is 9. The fourth-order valence-electron chi connectivity index (χ4n) is 3.67. The van der Waals surface area contributed by atoms with Crippen LogP contribution in [-0.4, -0.2) is 67.7 Å². The van der Waals surface area contributed by atoms with Gasteiger partial charge in [0.15, 0.2) is 24.2 Å². The number of piperazine rings is 1. The fraction of sp³-hybridized carbons (Fsp3) is 0.346. The van der Waals surface area contributed by atoms with E-state index in [1.54, 1.807) is 36.1 Å². The van der Waals surface area contributed by atoms with Crippen LogP contribution in [0.3, 0.4) is 0 Å². The van der Waals surface area contributed by atoms with Crippen molar-refractivity contribution in [3.05, 3.63) is 65.7 Å². The summed E-state index contributed by atoms with van der Waals surface area (Å²) in [7, 11) is 1.49. The second kappa shape index (κ2) is 12.4. The van der Waals surface area contributed by atoms with Crippen molar-refractivity contribution in [2.45, 2.75) is 19.6 Å². The molecule has 1 aliphatic heterocycles. The van der Waals surface area contributed by atoms with Crippen molar-refractivity contribution >= 4 is 18.0 Å². The van der Waals surface area contributed by atoms with Gasteiger partial charge in [0.05, 0.1) is 7.11 Å². The fourth-order valence-corrected chi connectivity index (χ4v) is 3.67. The lowest BCUT2D eigenvalue weighted by atomic mass is 10.2. The summed E-state index contributed by atoms with van der Waals surface area (Å²) in [4.78, 5) is 29.0. The van der Waals surface area contributed by atoms with E-state index in [0.29, 0.717) is 30.2 Å². The Bertz CT molecular complexity index is 1040. The van der Waals surface area contributed by atoms with Gasteiger partial charge in [0.25, 0.3) is 5.91 Å². The largest absolute Gasteiger partial charge is 0.493 e. The monoisotopic (exact) mass is 463 g/mol. The Kier molecular flexibility index (Phi) is 9.06. The first-order valence-electron chi connectivity index (χ1n) is 11.1. The minimum atomic E-state index is -0.867. The smallest absolute Gasteiger partial charge is 0.331 e. The zero-order valence-electron chi connectivity index (χ0n) is 19.5. The van der Waals surface area contributed by atoms with Gasteiger partial charge in [-0.1, -0.05) is 36.4 Å². The van der Waals surface area contributed by atoms with E-state index in [0.717, 1.165) is 19.6 Å². The third-order valence-corrected chi connectivity index (χ3v) is 5.47. The molecule has 1 amide bonds. The summed E-state index contributed by atoms with van der Waals surface area (Å²) in [6.45, 7) is 5.11. The molecule has 1 aliphatic rings. The van der Waals surface area contributed by atoms with E-state index in [2.05, 4.69) is 17.0 Å². The molecule has 178 valence electrons. The SMILES string of the molecule is COc1cc(/C=C/C(=O)OC(C)C(=O)N2CCN(Cc3ccccc3)CC2)ccc1OCC#N. The number of hydrogen-bond acceptors (Lipinski definition) is 7. The predicted octanol–water partition coefficient (Wildman–Crippen LogP) is 2.89. The molecular formula is C26H29N3O5. The summed E-state index contributed by atoms with van der Waals surface area (Å²) >= 11 is 0. The summed E-state index contributed by atoms with van der Waals surface area (Å²) in [5.41, 5.74) is 1.94. The van der Waals surface area contributed by atoms with Crippen LogP contribution in [0.2, 0.25) is 0 Å². The molecule has 2 aromatic carbocycles. The Morgan fingerprint density at radius 2 is 1.82 bits per heavy atom. The molecule has 0 aromatic heterocycles. The lowest BCUT2D eigenvalue weighted by Gasteiger charge is -2.35. The molecule has 1 fully saturated rings. The highest BCUT2D eigenvalue weighted by molar-refractivity contribution is 5.90. The first-order chi connectivity index (χ1) is 16.5. The Morgan fingerprint density at radius 3 is 2.50 bits per heavy atom. The topological polar surface area (TPSA) is 92.1 Å². The number of ether oxygens (including phenoxy) is 3. The van der Waals surface area contributed by atoms with Crippen molar-refractivity contribution in [3.8, 4) is 17.6 Å². The standard InChI is InChI=1S/C26H29N3O5/c1-20(26(31)29-15-13-28(14-16-29)19-22-6-4-3-5-7-22)34-25(30)11-9-21-8-10-23(33-17-12-27)24(18-21)32-2/h3-11,18,20H,13-17,19H2,1-2H3/b11-9+. The van der Waals surface area contributed by atoms with Crippen LogP contribution in [0.4, 0.5) is 0 Å². The van der Waals surface area contributed by atoms with Crippen molar-refractivity contribution in [3.63, 3.8) is 0 Å². The molecule has 0 bridgehead atoms. The van der Waals surface area contributed by atoms with Gasteiger partial charge < -0.3 is 19.1 Å². The number of esters is 1. The van der Waals surface area contributed by atoms with Crippen molar-refractivity contribution < 1.29 is 23.8 Å². The second-order valence-electron chi connectivity index (χ2n) is 7.86. The van der Waals surface area contributed by atoms with Crippen LogP contribution in [-0.2, 0) is 20.9 Å². The van der Waals surface area contributed by atoms with Crippen molar-refractivity contribution in [2.24, 2.45) is 0 Å². The lowest BCUT2D eigenvalue weighted by molar-refractivity contribution is -0.156. The molecule has 0 aliphatic carbocycles. The number of hydrogen-bond donors (Lipinski definition) is 0. The molecule has 0 radical (unpaired) electrons. The van der Waals surface area contributed by atoms with Gasteiger partial charge in [-0.25, -0.2) is 4.79 Å². The number of nitrogens with zero attached hydrogens (tertiary/aromatic N) is 3. The van der Waals surface area contributed by atoms with Gasteiger partial charge in [-0.2, -0.15) is 5.26 Å². The number of amides is 1. The minimum absolute atomic E-state index is 0.0914. The minimum Gasteiger partial charge on any atom is -0.493 e. The van der Waals surface area contributed by atoms with Crippen LogP contribution >= 0.6 is 0 Å². The van der Waals surface area contributed by atoms with Crippen LogP contribution < -0.4 is 9.47 Å². The Balaban J connectivity index is 1.47. The molecule has 0 N–H and O–H groups in total. The van der Waals surface area contributed by atoms with E-state index in [1.165, 1.54) is 18.7 Å². The molecule has 8 nitrogen and oxygen atoms in total. The normalized spacial score (nSPS) is 14.9. The highest BCUT2D eigenvalue weighted by Gasteiger charge is 2.26. The molecule has 34 heavy (non-hydrogen) atoms. The molecule has 1 heterocycles. The Hall–Kier alpha value is -3.83. The number of carbonyl (C=O) groups is 2. The molecule has 1 saturated heterocycles. The van der Waals surface area contributed by atoms with Gasteiger partial charge in [-0.3, -0.25) is 9.69 Å². The van der Waals surface area contributed by atoms with E-state index in [9.17, 15) is 9.59 Å². The summed E-state index contributed by atoms with van der Waals surface area (Å²) in [5.74, 6) is 0.0849. The summed E-state index contributed by atoms with van der Waals surface area (Å²) in [5, 5.41) is 8.64. The van der Waals surface area contributed by atoms with Crippen molar-refractivity contribution in [1.29, 1.82) is 5.26 Å². The van der Waals surface area contributed by atoms with Gasteiger partial charge in [0.2, 0.25) is 0 Å². The molecule has 8 heteroatoms. The molecule has 0 saturated carbocycles. The second-order valence-corrected chi connectivity index (χ2v) is 7.86. The van der Waals surface area contributed by atoms with Crippen LogP contribution in [0.15, 0.2) is 54.6 Å². The van der Waals surface area contributed by atoms with Crippen LogP contribution in [0.25, 0.3) is 6.08 Å². The molecule has 0 spiro atoms. The van der Waals surface area contributed by atoms with Gasteiger partial charge in [-0.15, -0.1) is 0 Å². The summed E-state index contributed by atoms with van der Waals surface area (Å²) in [6, 6.07) is 17.2. The Morgan fingerprint density at radius 1 is 1.09 bits per heavy atom. The average molecular weight is 464 g/mol. The highest BCUT2D eigenvalue weighted by atomic mass is 16.5. The Labute approximate surface area is 199 Å². The van der Waals surface area contributed by atoms with E-state index in [4.69, 9.17) is 19.5 Å². The zero-order valence-corrected chi connectivity index (χ0v) is 19.5. The predicted molar refractivity (Wildman–Crippen MR) is 127 cm³/mol. The van der Waals surface area contributed by atoms with Gasteiger partial charge in [-0.05, 0) is 36.3 Å². The van der Waals surface area contributed by atoms with E-state index < -0.39 is 12.1 Å². The molecule has 2 aromatic rings. The lowest BCUT2D eigenvalue weighted by Crippen LogP contribution is -2.51. The molecular weight excluding hydrogens is 434 g/mol. The van der Waals surface area contributed by atoms with Crippen LogP contribution in [0, 0.1) is 11.3 Å². The number of nitriles is 1. The van der Waals surface area contributed by atoms with Crippen molar-refractivity contribution in [1.82, 2.24) is 9.80 Å².